The van der Waals surface area contributed by atoms with Gasteiger partial charge in [0.05, 0.1) is 17.8 Å². The average Bonchev–Trinajstić information content (AvgIpc) is 3.46. The molecule has 0 spiro atoms. The van der Waals surface area contributed by atoms with Crippen molar-refractivity contribution in [3.8, 4) is 0 Å². The van der Waals surface area contributed by atoms with Gasteiger partial charge in [0, 0.05) is 24.4 Å². The summed E-state index contributed by atoms with van der Waals surface area (Å²) in [5, 5.41) is 4.22. The predicted molar refractivity (Wildman–Crippen MR) is 107 cm³/mol. The van der Waals surface area contributed by atoms with Crippen molar-refractivity contribution in [1.82, 2.24) is 4.90 Å². The number of alkyl halides is 3. The molecular formula is C23H23F3N2O2. The standard InChI is InChI=1S/C23H23F3N2O2/c1-15-4-2-3-5-20(15)21-12-19(30-27-21)14-28(22(29)17-8-9-17)13-16-6-10-18(11-7-16)23(24,25)26/h2-7,10-11,17,19H,8-9,12-14H2,1H3/t19-/m1/s1. The lowest BCUT2D eigenvalue weighted by molar-refractivity contribution is -0.138. The van der Waals surface area contributed by atoms with Gasteiger partial charge in [0.15, 0.2) is 6.10 Å². The first-order chi connectivity index (χ1) is 14.3. The maximum Gasteiger partial charge on any atom is 0.416 e. The third-order valence-electron chi connectivity index (χ3n) is 5.51. The fourth-order valence-electron chi connectivity index (χ4n) is 3.67. The first-order valence-electron chi connectivity index (χ1n) is 10.0. The van der Waals surface area contributed by atoms with Crippen molar-refractivity contribution in [2.45, 2.75) is 45.0 Å². The van der Waals surface area contributed by atoms with Crippen LogP contribution in [0.25, 0.3) is 0 Å². The summed E-state index contributed by atoms with van der Waals surface area (Å²) in [6.07, 6.45) is -2.33. The van der Waals surface area contributed by atoms with E-state index in [1.165, 1.54) is 12.1 Å². The summed E-state index contributed by atoms with van der Waals surface area (Å²) in [6, 6.07) is 12.9. The molecule has 2 aliphatic rings. The summed E-state index contributed by atoms with van der Waals surface area (Å²) in [5.41, 5.74) is 2.96. The van der Waals surface area contributed by atoms with Crippen LogP contribution in [0.4, 0.5) is 13.2 Å². The number of amides is 1. The lowest BCUT2D eigenvalue weighted by atomic mass is 10.00. The molecule has 1 fully saturated rings. The molecule has 30 heavy (non-hydrogen) atoms. The Bertz CT molecular complexity index is 950. The zero-order valence-corrected chi connectivity index (χ0v) is 16.7. The highest BCUT2D eigenvalue weighted by atomic mass is 19.4. The summed E-state index contributed by atoms with van der Waals surface area (Å²) >= 11 is 0. The molecule has 4 nitrogen and oxygen atoms in total. The molecule has 0 N–H and O–H groups in total. The van der Waals surface area contributed by atoms with E-state index in [9.17, 15) is 18.0 Å². The zero-order valence-electron chi connectivity index (χ0n) is 16.7. The van der Waals surface area contributed by atoms with Crippen molar-refractivity contribution in [2.24, 2.45) is 11.1 Å². The second-order valence-electron chi connectivity index (χ2n) is 7.97. The Labute approximate surface area is 173 Å². The Morgan fingerprint density at radius 2 is 1.83 bits per heavy atom. The van der Waals surface area contributed by atoms with Crippen molar-refractivity contribution < 1.29 is 22.8 Å². The minimum Gasteiger partial charge on any atom is -0.390 e. The van der Waals surface area contributed by atoms with E-state index in [0.717, 1.165) is 41.8 Å². The molecule has 4 rings (SSSR count). The molecule has 1 heterocycles. The number of carbonyl (C=O) groups is 1. The first kappa shape index (κ1) is 20.4. The van der Waals surface area contributed by atoms with Gasteiger partial charge in [-0.1, -0.05) is 41.6 Å². The van der Waals surface area contributed by atoms with Crippen LogP contribution in [0, 0.1) is 12.8 Å². The van der Waals surface area contributed by atoms with Gasteiger partial charge in [0.2, 0.25) is 5.91 Å². The van der Waals surface area contributed by atoms with Crippen LogP contribution < -0.4 is 0 Å². The van der Waals surface area contributed by atoms with Gasteiger partial charge >= 0.3 is 6.18 Å². The highest BCUT2D eigenvalue weighted by molar-refractivity contribution is 6.02. The van der Waals surface area contributed by atoms with Gasteiger partial charge in [0.1, 0.15) is 0 Å². The van der Waals surface area contributed by atoms with E-state index in [1.807, 2.05) is 31.2 Å². The minimum absolute atomic E-state index is 0.0117. The highest BCUT2D eigenvalue weighted by Crippen LogP contribution is 2.33. The van der Waals surface area contributed by atoms with Crippen molar-refractivity contribution in [3.05, 3.63) is 70.8 Å². The summed E-state index contributed by atoms with van der Waals surface area (Å²) in [7, 11) is 0. The van der Waals surface area contributed by atoms with Gasteiger partial charge < -0.3 is 9.74 Å². The van der Waals surface area contributed by atoms with Crippen LogP contribution in [-0.4, -0.2) is 29.2 Å². The molecule has 0 radical (unpaired) electrons. The number of hydrogen-bond acceptors (Lipinski definition) is 3. The number of nitrogens with zero attached hydrogens (tertiary/aromatic N) is 2. The van der Waals surface area contributed by atoms with Gasteiger partial charge in [0.25, 0.3) is 0 Å². The van der Waals surface area contributed by atoms with Gasteiger partial charge in [-0.25, -0.2) is 0 Å². The van der Waals surface area contributed by atoms with Crippen LogP contribution in [0.3, 0.4) is 0 Å². The Balaban J connectivity index is 1.44. The van der Waals surface area contributed by atoms with Crippen LogP contribution >= 0.6 is 0 Å². The number of halogens is 3. The lowest BCUT2D eigenvalue weighted by Gasteiger charge is -2.25. The summed E-state index contributed by atoms with van der Waals surface area (Å²) in [6.45, 7) is 2.63. The van der Waals surface area contributed by atoms with E-state index in [-0.39, 0.29) is 24.5 Å². The first-order valence-corrected chi connectivity index (χ1v) is 10.0. The molecule has 2 aromatic carbocycles. The van der Waals surface area contributed by atoms with Crippen molar-refractivity contribution in [3.63, 3.8) is 0 Å². The smallest absolute Gasteiger partial charge is 0.390 e. The third kappa shape index (κ3) is 4.66. The molecule has 0 saturated heterocycles. The molecule has 0 bridgehead atoms. The normalized spacial score (nSPS) is 18.7. The van der Waals surface area contributed by atoms with E-state index in [2.05, 4.69) is 5.16 Å². The molecule has 1 saturated carbocycles. The molecule has 1 atom stereocenters. The van der Waals surface area contributed by atoms with E-state index in [4.69, 9.17) is 4.84 Å². The number of oxime groups is 1. The summed E-state index contributed by atoms with van der Waals surface area (Å²) in [4.78, 5) is 20.1. The van der Waals surface area contributed by atoms with Crippen LogP contribution in [0.15, 0.2) is 53.7 Å². The molecule has 1 aliphatic heterocycles. The fourth-order valence-corrected chi connectivity index (χ4v) is 3.67. The maximum atomic E-state index is 12.8. The van der Waals surface area contributed by atoms with E-state index in [1.54, 1.807) is 4.90 Å². The van der Waals surface area contributed by atoms with Crippen LogP contribution in [0.1, 0.15) is 41.5 Å². The molecule has 1 aliphatic carbocycles. The van der Waals surface area contributed by atoms with E-state index < -0.39 is 11.7 Å². The second kappa shape index (κ2) is 8.13. The molecule has 158 valence electrons. The molecule has 2 aromatic rings. The van der Waals surface area contributed by atoms with Crippen LogP contribution in [0.5, 0.6) is 0 Å². The molecule has 7 heteroatoms. The van der Waals surface area contributed by atoms with Gasteiger partial charge in [-0.05, 0) is 43.0 Å². The van der Waals surface area contributed by atoms with Crippen molar-refractivity contribution in [1.29, 1.82) is 0 Å². The maximum absolute atomic E-state index is 12.8. The minimum atomic E-state index is -4.37. The number of aryl methyl sites for hydroxylation is 1. The third-order valence-corrected chi connectivity index (χ3v) is 5.51. The van der Waals surface area contributed by atoms with Crippen LogP contribution in [0.2, 0.25) is 0 Å². The monoisotopic (exact) mass is 416 g/mol. The molecular weight excluding hydrogens is 393 g/mol. The Kier molecular flexibility index (Phi) is 5.54. The molecule has 0 unspecified atom stereocenters. The Morgan fingerprint density at radius 3 is 2.47 bits per heavy atom. The van der Waals surface area contributed by atoms with E-state index in [0.29, 0.717) is 18.5 Å². The van der Waals surface area contributed by atoms with E-state index >= 15 is 0 Å². The zero-order chi connectivity index (χ0) is 21.3. The summed E-state index contributed by atoms with van der Waals surface area (Å²) in [5.74, 6) is 0.0421. The van der Waals surface area contributed by atoms with Crippen LogP contribution in [-0.2, 0) is 22.4 Å². The van der Waals surface area contributed by atoms with Crippen molar-refractivity contribution in [2.75, 3.05) is 6.54 Å². The van der Waals surface area contributed by atoms with Crippen molar-refractivity contribution >= 4 is 11.6 Å². The SMILES string of the molecule is Cc1ccccc1C1=NO[C@@H](CN(Cc2ccc(C(F)(F)F)cc2)C(=O)C2CC2)C1. The number of rotatable bonds is 6. The summed E-state index contributed by atoms with van der Waals surface area (Å²) < 4.78 is 38.4. The largest absolute Gasteiger partial charge is 0.416 e. The molecule has 1 amide bonds. The number of benzene rings is 2. The van der Waals surface area contributed by atoms with Gasteiger partial charge in [-0.2, -0.15) is 13.2 Å². The lowest BCUT2D eigenvalue weighted by Crippen LogP contribution is -2.38. The Hall–Kier alpha value is -2.83. The Morgan fingerprint density at radius 1 is 1.13 bits per heavy atom. The molecule has 0 aromatic heterocycles. The average molecular weight is 416 g/mol. The second-order valence-corrected chi connectivity index (χ2v) is 7.97. The topological polar surface area (TPSA) is 41.9 Å². The van der Waals surface area contributed by atoms with Gasteiger partial charge in [-0.15, -0.1) is 0 Å². The highest BCUT2D eigenvalue weighted by Gasteiger charge is 2.36. The number of hydrogen-bond donors (Lipinski definition) is 0. The quantitative estimate of drug-likeness (QED) is 0.669. The van der Waals surface area contributed by atoms with Gasteiger partial charge in [-0.3, -0.25) is 4.79 Å². The number of carbonyl (C=O) groups excluding carboxylic acids is 1. The fraction of sp³-hybridized carbons (Fsp3) is 0.391. The predicted octanol–water partition coefficient (Wildman–Crippen LogP) is 4.95.